The van der Waals surface area contributed by atoms with Gasteiger partial charge in [0, 0.05) is 0 Å². The first-order valence-corrected chi connectivity index (χ1v) is 11.7. The number of rotatable bonds is 10. The second-order valence-electron chi connectivity index (χ2n) is 6.93. The van der Waals surface area contributed by atoms with Crippen molar-refractivity contribution in [3.05, 3.63) is 53.6 Å². The van der Waals surface area contributed by atoms with E-state index in [2.05, 4.69) is 5.32 Å². The van der Waals surface area contributed by atoms with Crippen molar-refractivity contribution in [3.63, 3.8) is 0 Å². The van der Waals surface area contributed by atoms with Crippen molar-refractivity contribution in [2.75, 3.05) is 30.8 Å². The summed E-state index contributed by atoms with van der Waals surface area (Å²) < 4.78 is 36.8. The maximum atomic E-state index is 12.8. The molecular formula is C22H30N2O5S. The van der Waals surface area contributed by atoms with Crippen LogP contribution in [0.25, 0.3) is 0 Å². The van der Waals surface area contributed by atoms with E-state index in [0.717, 1.165) is 27.4 Å². The lowest BCUT2D eigenvalue weighted by Gasteiger charge is -2.25. The zero-order valence-corrected chi connectivity index (χ0v) is 19.0. The van der Waals surface area contributed by atoms with Gasteiger partial charge in [-0.25, -0.2) is 8.42 Å². The number of nitrogens with zero attached hydrogens (tertiary/aromatic N) is 1. The van der Waals surface area contributed by atoms with Crippen LogP contribution in [0.4, 0.5) is 5.69 Å². The minimum absolute atomic E-state index is 0.245. The second-order valence-corrected chi connectivity index (χ2v) is 8.83. The van der Waals surface area contributed by atoms with Crippen molar-refractivity contribution >= 4 is 21.6 Å². The van der Waals surface area contributed by atoms with Gasteiger partial charge in [0.05, 0.1) is 31.7 Å². The highest BCUT2D eigenvalue weighted by Crippen LogP contribution is 2.30. The zero-order valence-electron chi connectivity index (χ0n) is 18.1. The maximum Gasteiger partial charge on any atom is 0.241 e. The minimum Gasteiger partial charge on any atom is -0.496 e. The van der Waals surface area contributed by atoms with Crippen LogP contribution in [-0.2, 0) is 14.8 Å². The number of aryl methyl sites for hydroxylation is 1. The van der Waals surface area contributed by atoms with E-state index in [1.807, 2.05) is 39.0 Å². The summed E-state index contributed by atoms with van der Waals surface area (Å²) in [5, 5.41) is 2.94. The first-order valence-electron chi connectivity index (χ1n) is 9.84. The third-order valence-corrected chi connectivity index (χ3v) is 5.81. The summed E-state index contributed by atoms with van der Waals surface area (Å²) in [5.74, 6) is 0.791. The number of carbonyl (C=O) groups excluding carboxylic acids is 1. The van der Waals surface area contributed by atoms with Gasteiger partial charge in [-0.15, -0.1) is 0 Å². The second kappa shape index (κ2) is 10.3. The Labute approximate surface area is 179 Å². The third kappa shape index (κ3) is 5.89. The summed E-state index contributed by atoms with van der Waals surface area (Å²) in [7, 11) is -2.09. The highest BCUT2D eigenvalue weighted by Gasteiger charge is 2.25. The lowest BCUT2D eigenvalue weighted by molar-refractivity contribution is -0.120. The van der Waals surface area contributed by atoms with Crippen molar-refractivity contribution in [2.45, 2.75) is 33.2 Å². The largest absolute Gasteiger partial charge is 0.496 e. The number of ether oxygens (including phenoxy) is 2. The number of para-hydroxylation sites is 2. The van der Waals surface area contributed by atoms with Crippen molar-refractivity contribution < 1.29 is 22.7 Å². The molecular weight excluding hydrogens is 404 g/mol. The smallest absolute Gasteiger partial charge is 0.241 e. The molecule has 164 valence electrons. The van der Waals surface area contributed by atoms with E-state index in [9.17, 15) is 13.2 Å². The summed E-state index contributed by atoms with van der Waals surface area (Å²) in [6.07, 6.45) is 1.74. The van der Waals surface area contributed by atoms with Gasteiger partial charge in [-0.1, -0.05) is 31.2 Å². The van der Waals surface area contributed by atoms with Gasteiger partial charge >= 0.3 is 0 Å². The Balaban J connectivity index is 2.25. The van der Waals surface area contributed by atoms with Gasteiger partial charge in [0.1, 0.15) is 18.0 Å². The van der Waals surface area contributed by atoms with Crippen LogP contribution < -0.4 is 19.1 Å². The first kappa shape index (κ1) is 23.5. The summed E-state index contributed by atoms with van der Waals surface area (Å²) in [6.45, 7) is 5.76. The van der Waals surface area contributed by atoms with Crippen LogP contribution in [0, 0.1) is 6.92 Å². The SMILES string of the molecule is CCOc1ccccc1N(CC(=O)N[C@H](CC)c1ccc(OC)c(C)c1)S(C)(=O)=O. The van der Waals surface area contributed by atoms with E-state index >= 15 is 0 Å². The van der Waals surface area contributed by atoms with Crippen molar-refractivity contribution in [1.29, 1.82) is 0 Å². The molecule has 1 atom stereocenters. The monoisotopic (exact) mass is 434 g/mol. The van der Waals surface area contributed by atoms with Gasteiger partial charge in [-0.05, 0) is 49.6 Å². The molecule has 0 radical (unpaired) electrons. The van der Waals surface area contributed by atoms with Crippen LogP contribution in [-0.4, -0.2) is 40.8 Å². The van der Waals surface area contributed by atoms with Crippen LogP contribution in [0.2, 0.25) is 0 Å². The van der Waals surface area contributed by atoms with Gasteiger partial charge < -0.3 is 14.8 Å². The molecule has 8 heteroatoms. The quantitative estimate of drug-likeness (QED) is 0.619. The van der Waals surface area contributed by atoms with Crippen LogP contribution in [0.3, 0.4) is 0 Å². The molecule has 0 bridgehead atoms. The number of hydrogen-bond donors (Lipinski definition) is 1. The molecule has 7 nitrogen and oxygen atoms in total. The number of nitrogens with one attached hydrogen (secondary N) is 1. The molecule has 0 aliphatic rings. The number of anilines is 1. The predicted octanol–water partition coefficient (Wildman–Crippen LogP) is 3.44. The molecule has 0 aliphatic carbocycles. The summed E-state index contributed by atoms with van der Waals surface area (Å²) in [4.78, 5) is 12.8. The number of methoxy groups -OCH3 is 1. The molecule has 0 saturated carbocycles. The van der Waals surface area contributed by atoms with Gasteiger partial charge in [0.25, 0.3) is 0 Å². The van der Waals surface area contributed by atoms with Crippen molar-refractivity contribution in [1.82, 2.24) is 5.32 Å². The van der Waals surface area contributed by atoms with Crippen LogP contribution >= 0.6 is 0 Å². The number of carbonyl (C=O) groups is 1. The van der Waals surface area contributed by atoms with E-state index in [1.165, 1.54) is 0 Å². The molecule has 30 heavy (non-hydrogen) atoms. The van der Waals surface area contributed by atoms with E-state index < -0.39 is 15.9 Å². The topological polar surface area (TPSA) is 84.9 Å². The third-order valence-electron chi connectivity index (χ3n) is 4.69. The Bertz CT molecular complexity index is 975. The molecule has 0 heterocycles. The van der Waals surface area contributed by atoms with Gasteiger partial charge in [0.15, 0.2) is 0 Å². The predicted molar refractivity (Wildman–Crippen MR) is 119 cm³/mol. The zero-order chi connectivity index (χ0) is 22.3. The Hall–Kier alpha value is -2.74. The number of hydrogen-bond acceptors (Lipinski definition) is 5. The summed E-state index contributed by atoms with van der Waals surface area (Å²) in [5.41, 5.74) is 2.24. The Morgan fingerprint density at radius 2 is 1.83 bits per heavy atom. The van der Waals surface area contributed by atoms with E-state index in [4.69, 9.17) is 9.47 Å². The fourth-order valence-electron chi connectivity index (χ4n) is 3.23. The molecule has 0 saturated heterocycles. The number of sulfonamides is 1. The van der Waals surface area contributed by atoms with Crippen molar-refractivity contribution in [2.24, 2.45) is 0 Å². The van der Waals surface area contributed by atoms with E-state index in [-0.39, 0.29) is 12.6 Å². The number of benzene rings is 2. The van der Waals surface area contributed by atoms with Crippen molar-refractivity contribution in [3.8, 4) is 11.5 Å². The number of amides is 1. The highest BCUT2D eigenvalue weighted by atomic mass is 32.2. The molecule has 0 unspecified atom stereocenters. The van der Waals surface area contributed by atoms with Crippen LogP contribution in [0.1, 0.15) is 37.4 Å². The molecule has 0 spiro atoms. The molecule has 2 aromatic carbocycles. The van der Waals surface area contributed by atoms with E-state index in [0.29, 0.717) is 24.5 Å². The fourth-order valence-corrected chi connectivity index (χ4v) is 4.09. The normalized spacial score (nSPS) is 12.2. The van der Waals surface area contributed by atoms with Gasteiger partial charge in [0.2, 0.25) is 15.9 Å². The lowest BCUT2D eigenvalue weighted by Crippen LogP contribution is -2.41. The molecule has 0 aromatic heterocycles. The fraction of sp³-hybridized carbons (Fsp3) is 0.409. The standard InChI is InChI=1S/C22H30N2O5S/c1-6-18(17-12-13-20(28-4)16(3)14-17)23-22(25)15-24(30(5,26)27)19-10-8-9-11-21(19)29-7-2/h8-14,18H,6-7,15H2,1-5H3,(H,23,25)/t18-/m1/s1. The Kier molecular flexibility index (Phi) is 8.11. The molecule has 2 rings (SSSR count). The molecule has 1 N–H and O–H groups in total. The molecule has 0 fully saturated rings. The van der Waals surface area contributed by atoms with Gasteiger partial charge in [-0.2, -0.15) is 0 Å². The summed E-state index contributed by atoms with van der Waals surface area (Å²) in [6, 6.07) is 12.3. The van der Waals surface area contributed by atoms with Crippen LogP contribution in [0.5, 0.6) is 11.5 Å². The Morgan fingerprint density at radius 3 is 2.40 bits per heavy atom. The molecule has 2 aromatic rings. The molecule has 0 aliphatic heterocycles. The van der Waals surface area contributed by atoms with E-state index in [1.54, 1.807) is 31.4 Å². The van der Waals surface area contributed by atoms with Gasteiger partial charge in [-0.3, -0.25) is 9.10 Å². The first-order chi connectivity index (χ1) is 14.2. The lowest BCUT2D eigenvalue weighted by atomic mass is 10.0. The maximum absolute atomic E-state index is 12.8. The molecule has 1 amide bonds. The summed E-state index contributed by atoms with van der Waals surface area (Å²) >= 11 is 0. The minimum atomic E-state index is -3.70. The Morgan fingerprint density at radius 1 is 1.13 bits per heavy atom. The average Bonchev–Trinajstić information content (AvgIpc) is 2.70. The highest BCUT2D eigenvalue weighted by molar-refractivity contribution is 7.92. The average molecular weight is 435 g/mol. The van der Waals surface area contributed by atoms with Crippen LogP contribution in [0.15, 0.2) is 42.5 Å².